The van der Waals surface area contributed by atoms with Crippen molar-refractivity contribution in [3.05, 3.63) is 119 Å². The van der Waals surface area contributed by atoms with Crippen molar-refractivity contribution in [3.63, 3.8) is 0 Å². The van der Waals surface area contributed by atoms with E-state index in [1.165, 1.54) is 5.56 Å². The third-order valence-corrected chi connectivity index (χ3v) is 6.65. The van der Waals surface area contributed by atoms with Gasteiger partial charge in [-0.1, -0.05) is 57.2 Å². The first-order chi connectivity index (χ1) is 17.3. The number of pyridine rings is 1. The van der Waals surface area contributed by atoms with Gasteiger partial charge in [0.2, 0.25) is 0 Å². The smallest absolute Gasteiger partial charge is 0.268 e. The summed E-state index contributed by atoms with van der Waals surface area (Å²) >= 11 is 0. The summed E-state index contributed by atoms with van der Waals surface area (Å²) in [5.41, 5.74) is 6.14. The fraction of sp³-hybridized carbons (Fsp3) is 0.233. The minimum absolute atomic E-state index is 0.0195. The Morgan fingerprint density at radius 3 is 2.42 bits per heavy atom. The van der Waals surface area contributed by atoms with Gasteiger partial charge in [0.15, 0.2) is 0 Å². The number of fused-ring (bicyclic) bond motifs is 2. The largest absolute Gasteiger partial charge is 0.347 e. The van der Waals surface area contributed by atoms with Crippen molar-refractivity contribution in [1.29, 1.82) is 0 Å². The van der Waals surface area contributed by atoms with E-state index in [1.54, 1.807) is 12.4 Å². The third-order valence-electron chi connectivity index (χ3n) is 6.65. The SMILES string of the molecule is CC(C)(C)c1ccc(C(=O)N2Cc3ccc(C(=O)NCc4cccnc4)n3Cc3ccccc32)cc1. The van der Waals surface area contributed by atoms with Gasteiger partial charge in [0.1, 0.15) is 5.69 Å². The maximum absolute atomic E-state index is 13.7. The number of hydrogen-bond donors (Lipinski definition) is 1. The molecule has 1 N–H and O–H groups in total. The normalized spacial score (nSPS) is 12.9. The number of rotatable bonds is 4. The van der Waals surface area contributed by atoms with Crippen molar-refractivity contribution in [1.82, 2.24) is 14.9 Å². The quantitative estimate of drug-likeness (QED) is 0.432. The van der Waals surface area contributed by atoms with E-state index in [-0.39, 0.29) is 17.2 Å². The zero-order valence-corrected chi connectivity index (χ0v) is 20.9. The van der Waals surface area contributed by atoms with Gasteiger partial charge in [-0.2, -0.15) is 0 Å². The molecule has 2 amide bonds. The van der Waals surface area contributed by atoms with Crippen LogP contribution in [0.15, 0.2) is 85.2 Å². The Balaban J connectivity index is 1.44. The van der Waals surface area contributed by atoms with Crippen molar-refractivity contribution < 1.29 is 9.59 Å². The fourth-order valence-corrected chi connectivity index (χ4v) is 4.58. The average molecular weight is 479 g/mol. The van der Waals surface area contributed by atoms with Crippen molar-refractivity contribution >= 4 is 17.5 Å². The molecule has 0 saturated heterocycles. The van der Waals surface area contributed by atoms with Crippen LogP contribution in [0.4, 0.5) is 5.69 Å². The van der Waals surface area contributed by atoms with Crippen molar-refractivity contribution in [2.24, 2.45) is 0 Å². The lowest BCUT2D eigenvalue weighted by Gasteiger charge is -2.24. The summed E-state index contributed by atoms with van der Waals surface area (Å²) in [7, 11) is 0. The van der Waals surface area contributed by atoms with E-state index in [0.717, 1.165) is 22.5 Å². The van der Waals surface area contributed by atoms with E-state index in [2.05, 4.69) is 31.1 Å². The Morgan fingerprint density at radius 2 is 1.69 bits per heavy atom. The van der Waals surface area contributed by atoms with Gasteiger partial charge in [-0.05, 0) is 58.5 Å². The van der Waals surface area contributed by atoms with Gasteiger partial charge in [-0.15, -0.1) is 0 Å². The highest BCUT2D eigenvalue weighted by Gasteiger charge is 2.27. The molecule has 6 nitrogen and oxygen atoms in total. The second-order valence-electron chi connectivity index (χ2n) is 10.2. The lowest BCUT2D eigenvalue weighted by atomic mass is 9.86. The highest BCUT2D eigenvalue weighted by Crippen LogP contribution is 2.31. The minimum atomic E-state index is -0.153. The molecule has 0 spiro atoms. The summed E-state index contributed by atoms with van der Waals surface area (Å²) in [6, 6.07) is 23.4. The molecule has 0 aliphatic carbocycles. The summed E-state index contributed by atoms with van der Waals surface area (Å²) in [5.74, 6) is -0.208. The second-order valence-corrected chi connectivity index (χ2v) is 10.2. The number of anilines is 1. The van der Waals surface area contributed by atoms with Crippen LogP contribution in [0.2, 0.25) is 0 Å². The molecule has 5 rings (SSSR count). The maximum Gasteiger partial charge on any atom is 0.268 e. The molecule has 0 unspecified atom stereocenters. The van der Waals surface area contributed by atoms with Crippen LogP contribution in [-0.2, 0) is 25.0 Å². The molecule has 0 fully saturated rings. The minimum Gasteiger partial charge on any atom is -0.347 e. The molecule has 2 aromatic heterocycles. The number of para-hydroxylation sites is 1. The molecule has 182 valence electrons. The molecule has 3 heterocycles. The van der Waals surface area contributed by atoms with Crippen LogP contribution in [-0.4, -0.2) is 21.4 Å². The maximum atomic E-state index is 13.7. The van der Waals surface area contributed by atoms with E-state index in [0.29, 0.717) is 30.9 Å². The molecule has 1 aliphatic heterocycles. The highest BCUT2D eigenvalue weighted by atomic mass is 16.2. The number of nitrogens with zero attached hydrogens (tertiary/aromatic N) is 3. The summed E-state index contributed by atoms with van der Waals surface area (Å²) in [5, 5.41) is 2.99. The summed E-state index contributed by atoms with van der Waals surface area (Å²) in [6.07, 6.45) is 3.45. The number of amides is 2. The molecule has 0 saturated carbocycles. The molecule has 1 aliphatic rings. The predicted octanol–water partition coefficient (Wildman–Crippen LogP) is 5.32. The van der Waals surface area contributed by atoms with Crippen molar-refractivity contribution in [2.45, 2.75) is 45.8 Å². The van der Waals surface area contributed by atoms with Crippen LogP contribution in [0.25, 0.3) is 0 Å². The zero-order valence-electron chi connectivity index (χ0n) is 20.9. The van der Waals surface area contributed by atoms with Gasteiger partial charge >= 0.3 is 0 Å². The number of hydrogen-bond acceptors (Lipinski definition) is 3. The topological polar surface area (TPSA) is 67.2 Å². The summed E-state index contributed by atoms with van der Waals surface area (Å²) < 4.78 is 2.01. The Labute approximate surface area is 211 Å². The first-order valence-electron chi connectivity index (χ1n) is 12.2. The molecule has 0 bridgehead atoms. The van der Waals surface area contributed by atoms with Gasteiger partial charge in [0.05, 0.1) is 13.1 Å². The lowest BCUT2D eigenvalue weighted by molar-refractivity contribution is 0.0941. The van der Waals surface area contributed by atoms with Crippen molar-refractivity contribution in [3.8, 4) is 0 Å². The fourth-order valence-electron chi connectivity index (χ4n) is 4.58. The second kappa shape index (κ2) is 9.46. The van der Waals surface area contributed by atoms with E-state index < -0.39 is 0 Å². The lowest BCUT2D eigenvalue weighted by Crippen LogP contribution is -2.31. The monoisotopic (exact) mass is 478 g/mol. The Hall–Kier alpha value is -4.19. The first-order valence-corrected chi connectivity index (χ1v) is 12.2. The molecule has 36 heavy (non-hydrogen) atoms. The number of nitrogens with one attached hydrogen (secondary N) is 1. The first kappa shape index (κ1) is 23.5. The zero-order chi connectivity index (χ0) is 25.3. The average Bonchev–Trinajstić information content (AvgIpc) is 3.20. The van der Waals surface area contributed by atoms with Gasteiger partial charge < -0.3 is 14.8 Å². The van der Waals surface area contributed by atoms with Crippen LogP contribution in [0.5, 0.6) is 0 Å². The standard InChI is InChI=1S/C30H30N4O2/c1-30(2,3)24-12-10-22(11-13-24)29(36)34-20-25-14-15-27(28(35)32-18-21-7-6-16-31-17-21)33(25)19-23-8-4-5-9-26(23)34/h4-17H,18-20H2,1-3H3,(H,32,35). The Kier molecular flexibility index (Phi) is 6.18. The predicted molar refractivity (Wildman–Crippen MR) is 141 cm³/mol. The Morgan fingerprint density at radius 1 is 0.917 bits per heavy atom. The van der Waals surface area contributed by atoms with Crippen LogP contribution < -0.4 is 10.2 Å². The molecule has 6 heteroatoms. The number of aromatic nitrogens is 2. The molecular formula is C30H30N4O2. The van der Waals surface area contributed by atoms with Crippen molar-refractivity contribution in [2.75, 3.05) is 4.90 Å². The van der Waals surface area contributed by atoms with Gasteiger partial charge in [-0.25, -0.2) is 0 Å². The van der Waals surface area contributed by atoms with E-state index in [4.69, 9.17) is 0 Å². The van der Waals surface area contributed by atoms with E-state index in [1.807, 2.05) is 82.3 Å². The highest BCUT2D eigenvalue weighted by molar-refractivity contribution is 6.06. The van der Waals surface area contributed by atoms with Crippen LogP contribution >= 0.6 is 0 Å². The van der Waals surface area contributed by atoms with Gasteiger partial charge in [-0.3, -0.25) is 14.6 Å². The van der Waals surface area contributed by atoms with E-state index in [9.17, 15) is 9.59 Å². The number of carbonyl (C=O) groups is 2. The Bertz CT molecular complexity index is 1400. The summed E-state index contributed by atoms with van der Waals surface area (Å²) in [4.78, 5) is 32.7. The van der Waals surface area contributed by atoms with Gasteiger partial charge in [0.25, 0.3) is 11.8 Å². The molecule has 2 aromatic carbocycles. The van der Waals surface area contributed by atoms with Crippen LogP contribution in [0.3, 0.4) is 0 Å². The number of benzene rings is 2. The molecule has 0 atom stereocenters. The molecule has 4 aromatic rings. The number of carbonyl (C=O) groups excluding carboxylic acids is 2. The third kappa shape index (κ3) is 4.67. The molecule has 0 radical (unpaired) electrons. The van der Waals surface area contributed by atoms with Crippen LogP contribution in [0.1, 0.15) is 64.0 Å². The van der Waals surface area contributed by atoms with E-state index >= 15 is 0 Å². The van der Waals surface area contributed by atoms with Crippen LogP contribution in [0, 0.1) is 0 Å². The molecular weight excluding hydrogens is 448 g/mol. The summed E-state index contributed by atoms with van der Waals surface area (Å²) in [6.45, 7) is 7.78. The van der Waals surface area contributed by atoms with Gasteiger partial charge in [0, 0.05) is 35.9 Å².